The van der Waals surface area contributed by atoms with Crippen molar-refractivity contribution in [1.82, 2.24) is 15.6 Å². The number of aliphatic carboxylic acids is 1. The molecule has 0 aromatic carbocycles. The van der Waals surface area contributed by atoms with Gasteiger partial charge in [-0.15, -0.1) is 0 Å². The number of hydrogen-bond acceptors (Lipinski definition) is 4. The van der Waals surface area contributed by atoms with Crippen molar-refractivity contribution < 1.29 is 19.1 Å². The van der Waals surface area contributed by atoms with Gasteiger partial charge in [-0.05, 0) is 12.8 Å². The van der Waals surface area contributed by atoms with E-state index in [2.05, 4.69) is 15.6 Å². The Bertz CT molecular complexity index is 506. The van der Waals surface area contributed by atoms with E-state index in [1.165, 1.54) is 0 Å². The van der Waals surface area contributed by atoms with Gasteiger partial charge in [-0.1, -0.05) is 19.8 Å². The van der Waals surface area contributed by atoms with Crippen LogP contribution in [0.3, 0.4) is 0 Å². The summed E-state index contributed by atoms with van der Waals surface area (Å²) in [6, 6.07) is -0.404. The van der Waals surface area contributed by atoms with Crippen molar-refractivity contribution >= 4 is 12.0 Å². The quantitative estimate of drug-likeness (QED) is 0.740. The van der Waals surface area contributed by atoms with Gasteiger partial charge in [-0.25, -0.2) is 9.78 Å². The van der Waals surface area contributed by atoms with E-state index >= 15 is 0 Å². The molecule has 1 aliphatic carbocycles. The van der Waals surface area contributed by atoms with Crippen molar-refractivity contribution in [1.29, 1.82) is 0 Å². The normalized spacial score (nSPS) is 16.6. The van der Waals surface area contributed by atoms with Gasteiger partial charge in [0.25, 0.3) is 0 Å². The molecule has 21 heavy (non-hydrogen) atoms. The number of rotatable bonds is 6. The molecule has 7 nitrogen and oxygen atoms in total. The Morgan fingerprint density at radius 2 is 2.10 bits per heavy atom. The second-order valence-electron chi connectivity index (χ2n) is 5.40. The van der Waals surface area contributed by atoms with Crippen LogP contribution in [-0.2, 0) is 17.8 Å². The zero-order chi connectivity index (χ0) is 15.3. The lowest BCUT2D eigenvalue weighted by atomic mass is 9.86. The van der Waals surface area contributed by atoms with Crippen LogP contribution >= 0.6 is 0 Å². The number of aromatic nitrogens is 1. The maximum Gasteiger partial charge on any atom is 0.315 e. The van der Waals surface area contributed by atoms with E-state index in [0.717, 1.165) is 25.0 Å². The second kappa shape index (κ2) is 6.60. The maximum atomic E-state index is 11.7. The van der Waals surface area contributed by atoms with Crippen LogP contribution in [0.2, 0.25) is 0 Å². The molecule has 2 rings (SSSR count). The van der Waals surface area contributed by atoms with Crippen LogP contribution in [0, 0.1) is 5.41 Å². The fourth-order valence-corrected chi connectivity index (χ4v) is 2.58. The monoisotopic (exact) mass is 295 g/mol. The molecule has 1 aromatic rings. The summed E-state index contributed by atoms with van der Waals surface area (Å²) in [4.78, 5) is 27.1. The third kappa shape index (κ3) is 3.74. The largest absolute Gasteiger partial charge is 0.481 e. The van der Waals surface area contributed by atoms with Crippen LogP contribution in [0.4, 0.5) is 4.79 Å². The van der Waals surface area contributed by atoms with Gasteiger partial charge in [0.05, 0.1) is 18.2 Å². The summed E-state index contributed by atoms with van der Waals surface area (Å²) in [6.07, 6.45) is 5.40. The number of urea groups is 1. The summed E-state index contributed by atoms with van der Waals surface area (Å²) in [5.41, 5.74) is -0.810. The molecule has 1 fully saturated rings. The van der Waals surface area contributed by atoms with Crippen LogP contribution in [0.1, 0.15) is 44.3 Å². The number of amides is 2. The molecule has 0 spiro atoms. The molecule has 1 aliphatic rings. The van der Waals surface area contributed by atoms with Gasteiger partial charge >= 0.3 is 12.0 Å². The highest BCUT2D eigenvalue weighted by Gasteiger charge is 2.41. The van der Waals surface area contributed by atoms with Gasteiger partial charge in [-0.3, -0.25) is 4.79 Å². The first-order valence-corrected chi connectivity index (χ1v) is 7.24. The van der Waals surface area contributed by atoms with E-state index in [0.29, 0.717) is 18.7 Å². The number of hydrogen-bond donors (Lipinski definition) is 3. The van der Waals surface area contributed by atoms with Gasteiger partial charge in [0.15, 0.2) is 0 Å². The summed E-state index contributed by atoms with van der Waals surface area (Å²) in [7, 11) is 0. The number of nitrogens with one attached hydrogen (secondary N) is 2. The predicted molar refractivity (Wildman–Crippen MR) is 74.7 cm³/mol. The lowest BCUT2D eigenvalue weighted by Crippen LogP contribution is -2.44. The summed E-state index contributed by atoms with van der Waals surface area (Å²) >= 11 is 0. The summed E-state index contributed by atoms with van der Waals surface area (Å²) in [6.45, 7) is 2.29. The zero-order valence-electron chi connectivity index (χ0n) is 12.1. The SMILES string of the molecule is CCc1cnc(CNC(=O)NCC2(C(=O)O)CCCC2)o1. The van der Waals surface area contributed by atoms with Gasteiger partial charge in [0.2, 0.25) is 5.89 Å². The first-order chi connectivity index (χ1) is 10.1. The van der Waals surface area contributed by atoms with Crippen molar-refractivity contribution in [3.05, 3.63) is 17.8 Å². The molecule has 0 bridgehead atoms. The van der Waals surface area contributed by atoms with Crippen molar-refractivity contribution in [2.24, 2.45) is 5.41 Å². The van der Waals surface area contributed by atoms with Crippen LogP contribution in [0.25, 0.3) is 0 Å². The van der Waals surface area contributed by atoms with Crippen molar-refractivity contribution in [3.63, 3.8) is 0 Å². The average Bonchev–Trinajstić information content (AvgIpc) is 3.12. The zero-order valence-corrected chi connectivity index (χ0v) is 12.1. The molecule has 7 heteroatoms. The van der Waals surface area contributed by atoms with Crippen LogP contribution in [0.5, 0.6) is 0 Å². The lowest BCUT2D eigenvalue weighted by molar-refractivity contribution is -0.148. The molecular formula is C14H21N3O4. The van der Waals surface area contributed by atoms with Crippen molar-refractivity contribution in [2.75, 3.05) is 6.54 Å². The van der Waals surface area contributed by atoms with Crippen molar-refractivity contribution in [3.8, 4) is 0 Å². The molecule has 1 heterocycles. The van der Waals surface area contributed by atoms with Crippen molar-refractivity contribution in [2.45, 2.75) is 45.6 Å². The number of carboxylic acids is 1. The predicted octanol–water partition coefficient (Wildman–Crippen LogP) is 1.68. The fourth-order valence-electron chi connectivity index (χ4n) is 2.58. The van der Waals surface area contributed by atoms with Gasteiger partial charge < -0.3 is 20.2 Å². The van der Waals surface area contributed by atoms with Crippen LogP contribution in [0.15, 0.2) is 10.6 Å². The molecule has 116 valence electrons. The molecular weight excluding hydrogens is 274 g/mol. The third-order valence-electron chi connectivity index (χ3n) is 3.95. The molecule has 0 unspecified atom stereocenters. The highest BCUT2D eigenvalue weighted by Crippen LogP contribution is 2.37. The standard InChI is InChI=1S/C14H21N3O4/c1-2-10-7-15-11(21-10)8-16-13(20)17-9-14(12(18)19)5-3-4-6-14/h7H,2-6,8-9H2,1H3,(H,18,19)(H2,16,17,20). The third-order valence-corrected chi connectivity index (χ3v) is 3.95. The molecule has 0 aliphatic heterocycles. The fraction of sp³-hybridized carbons (Fsp3) is 0.643. The molecule has 0 saturated heterocycles. The maximum absolute atomic E-state index is 11.7. The Morgan fingerprint density at radius 1 is 1.38 bits per heavy atom. The second-order valence-corrected chi connectivity index (χ2v) is 5.40. The van der Waals surface area contributed by atoms with E-state index in [1.807, 2.05) is 6.92 Å². The number of aryl methyl sites for hydroxylation is 1. The van der Waals surface area contributed by atoms with E-state index in [9.17, 15) is 14.7 Å². The minimum absolute atomic E-state index is 0.153. The summed E-state index contributed by atoms with van der Waals surface area (Å²) in [5.74, 6) is 0.374. The van der Waals surface area contributed by atoms with E-state index < -0.39 is 17.4 Å². The molecule has 0 atom stereocenters. The van der Waals surface area contributed by atoms with E-state index in [-0.39, 0.29) is 13.1 Å². The number of oxazole rings is 1. The Hall–Kier alpha value is -2.05. The Morgan fingerprint density at radius 3 is 2.67 bits per heavy atom. The highest BCUT2D eigenvalue weighted by molar-refractivity contribution is 5.78. The van der Waals surface area contributed by atoms with E-state index in [4.69, 9.17) is 4.42 Å². The number of carbonyl (C=O) groups is 2. The van der Waals surface area contributed by atoms with Crippen LogP contribution in [-0.4, -0.2) is 28.6 Å². The Kier molecular flexibility index (Phi) is 4.82. The Balaban J connectivity index is 1.78. The summed E-state index contributed by atoms with van der Waals surface area (Å²) < 4.78 is 5.37. The molecule has 1 aromatic heterocycles. The molecule has 1 saturated carbocycles. The van der Waals surface area contributed by atoms with Gasteiger partial charge in [0.1, 0.15) is 5.76 Å². The molecule has 2 amide bonds. The Labute approximate surface area is 123 Å². The average molecular weight is 295 g/mol. The van der Waals surface area contributed by atoms with Gasteiger partial charge in [0, 0.05) is 13.0 Å². The molecule has 3 N–H and O–H groups in total. The topological polar surface area (TPSA) is 104 Å². The van der Waals surface area contributed by atoms with Gasteiger partial charge in [-0.2, -0.15) is 0 Å². The number of carbonyl (C=O) groups excluding carboxylic acids is 1. The highest BCUT2D eigenvalue weighted by atomic mass is 16.4. The minimum atomic E-state index is -0.833. The first kappa shape index (κ1) is 15.3. The number of carboxylic acid groups (broad SMARTS) is 1. The minimum Gasteiger partial charge on any atom is -0.481 e. The lowest BCUT2D eigenvalue weighted by Gasteiger charge is -2.23. The smallest absolute Gasteiger partial charge is 0.315 e. The van der Waals surface area contributed by atoms with E-state index in [1.54, 1.807) is 6.20 Å². The number of nitrogens with zero attached hydrogens (tertiary/aromatic N) is 1. The molecule has 0 radical (unpaired) electrons. The van der Waals surface area contributed by atoms with Crippen LogP contribution < -0.4 is 10.6 Å². The summed E-state index contributed by atoms with van der Waals surface area (Å²) in [5, 5.41) is 14.6. The first-order valence-electron chi connectivity index (χ1n) is 7.24.